The fourth-order valence-electron chi connectivity index (χ4n) is 3.05. The zero-order chi connectivity index (χ0) is 13.2. The third-order valence-corrected chi connectivity index (χ3v) is 3.90. The molecule has 1 aromatic heterocycles. The van der Waals surface area contributed by atoms with Gasteiger partial charge < -0.3 is 10.3 Å². The molecule has 2 rings (SSSR count). The summed E-state index contributed by atoms with van der Waals surface area (Å²) in [4.78, 5) is 0. The Morgan fingerprint density at radius 3 is 2.33 bits per heavy atom. The number of nitrogens with two attached hydrogens (primary N) is 1. The molecular weight excluding hydrogens is 224 g/mol. The van der Waals surface area contributed by atoms with Crippen molar-refractivity contribution in [3.8, 4) is 0 Å². The van der Waals surface area contributed by atoms with Gasteiger partial charge in [-0.3, -0.25) is 0 Å². The van der Waals surface area contributed by atoms with E-state index in [0.29, 0.717) is 6.54 Å². The van der Waals surface area contributed by atoms with Crippen molar-refractivity contribution in [2.75, 3.05) is 0 Å². The van der Waals surface area contributed by atoms with Crippen molar-refractivity contribution < 1.29 is 0 Å². The summed E-state index contributed by atoms with van der Waals surface area (Å²) in [5.41, 5.74) is 5.77. The lowest BCUT2D eigenvalue weighted by Gasteiger charge is -2.25. The summed E-state index contributed by atoms with van der Waals surface area (Å²) in [6.07, 6.45) is 7.89. The molecule has 0 unspecified atom stereocenters. The molecule has 4 heteroatoms. The second kappa shape index (κ2) is 5.39. The highest BCUT2D eigenvalue weighted by atomic mass is 15.3. The van der Waals surface area contributed by atoms with Crippen molar-refractivity contribution in [1.82, 2.24) is 14.8 Å². The quantitative estimate of drug-likeness (QED) is 0.893. The van der Waals surface area contributed by atoms with E-state index in [0.717, 1.165) is 24.0 Å². The second-order valence-corrected chi connectivity index (χ2v) is 6.43. The van der Waals surface area contributed by atoms with Crippen molar-refractivity contribution in [3.05, 3.63) is 11.6 Å². The summed E-state index contributed by atoms with van der Waals surface area (Å²) in [6.45, 7) is 7.03. The maximum absolute atomic E-state index is 5.76. The number of hydrogen-bond donors (Lipinski definition) is 1. The number of rotatable bonds is 4. The molecule has 1 aromatic rings. The molecule has 0 saturated heterocycles. The minimum Gasteiger partial charge on any atom is -0.324 e. The van der Waals surface area contributed by atoms with E-state index in [4.69, 9.17) is 5.73 Å². The normalized spacial score (nSPS) is 17.6. The molecule has 0 aromatic carbocycles. The Morgan fingerprint density at radius 2 is 1.78 bits per heavy atom. The third-order valence-electron chi connectivity index (χ3n) is 3.90. The Bertz CT molecular complexity index is 383. The monoisotopic (exact) mass is 250 g/mol. The maximum atomic E-state index is 5.76. The molecule has 1 aliphatic rings. The molecule has 0 aliphatic heterocycles. The van der Waals surface area contributed by atoms with Crippen LogP contribution in [0.3, 0.4) is 0 Å². The molecule has 1 heterocycles. The first-order valence-electron chi connectivity index (χ1n) is 7.16. The Hall–Kier alpha value is -0.900. The molecular formula is C14H26N4. The van der Waals surface area contributed by atoms with E-state index >= 15 is 0 Å². The van der Waals surface area contributed by atoms with Crippen LogP contribution in [0.4, 0.5) is 0 Å². The lowest BCUT2D eigenvalue weighted by Crippen LogP contribution is -2.27. The average molecular weight is 250 g/mol. The van der Waals surface area contributed by atoms with Gasteiger partial charge in [-0.15, -0.1) is 10.2 Å². The van der Waals surface area contributed by atoms with Crippen LogP contribution in [0.1, 0.15) is 64.5 Å². The van der Waals surface area contributed by atoms with E-state index in [2.05, 4.69) is 35.5 Å². The lowest BCUT2D eigenvalue weighted by molar-refractivity contribution is 0.363. The molecule has 1 aliphatic carbocycles. The summed E-state index contributed by atoms with van der Waals surface area (Å²) in [6, 6.07) is 0. The fourth-order valence-corrected chi connectivity index (χ4v) is 3.05. The SMILES string of the molecule is CC(C)(C)n1c(CN)nnc1CCC1CCCC1. The first kappa shape index (κ1) is 13.5. The maximum Gasteiger partial charge on any atom is 0.147 e. The molecule has 1 saturated carbocycles. The molecule has 2 N–H and O–H groups in total. The van der Waals surface area contributed by atoms with Gasteiger partial charge in [0.05, 0.1) is 6.54 Å². The van der Waals surface area contributed by atoms with Crippen molar-refractivity contribution in [2.45, 2.75) is 71.4 Å². The van der Waals surface area contributed by atoms with Crippen LogP contribution in [0.15, 0.2) is 0 Å². The van der Waals surface area contributed by atoms with Gasteiger partial charge in [0.1, 0.15) is 11.6 Å². The molecule has 18 heavy (non-hydrogen) atoms. The number of hydrogen-bond acceptors (Lipinski definition) is 3. The van der Waals surface area contributed by atoms with E-state index < -0.39 is 0 Å². The van der Waals surface area contributed by atoms with E-state index in [1.54, 1.807) is 0 Å². The van der Waals surface area contributed by atoms with Gasteiger partial charge in [0.2, 0.25) is 0 Å². The molecule has 4 nitrogen and oxygen atoms in total. The van der Waals surface area contributed by atoms with Crippen LogP contribution in [-0.2, 0) is 18.5 Å². The minimum atomic E-state index is 0.0171. The van der Waals surface area contributed by atoms with E-state index in [9.17, 15) is 0 Å². The highest BCUT2D eigenvalue weighted by Gasteiger charge is 2.23. The van der Waals surface area contributed by atoms with Gasteiger partial charge >= 0.3 is 0 Å². The van der Waals surface area contributed by atoms with Gasteiger partial charge in [0, 0.05) is 12.0 Å². The predicted octanol–water partition coefficient (Wildman–Crippen LogP) is 2.61. The highest BCUT2D eigenvalue weighted by molar-refractivity contribution is 5.01. The molecule has 1 fully saturated rings. The second-order valence-electron chi connectivity index (χ2n) is 6.43. The minimum absolute atomic E-state index is 0.0171. The van der Waals surface area contributed by atoms with Gasteiger partial charge in [-0.1, -0.05) is 25.7 Å². The molecule has 0 spiro atoms. The number of aromatic nitrogens is 3. The molecule has 0 amide bonds. The van der Waals surface area contributed by atoms with Crippen LogP contribution in [-0.4, -0.2) is 14.8 Å². The summed E-state index contributed by atoms with van der Waals surface area (Å²) >= 11 is 0. The molecule has 0 radical (unpaired) electrons. The van der Waals surface area contributed by atoms with Gasteiger partial charge in [0.25, 0.3) is 0 Å². The largest absolute Gasteiger partial charge is 0.324 e. The van der Waals surface area contributed by atoms with Crippen LogP contribution in [0.5, 0.6) is 0 Å². The summed E-state index contributed by atoms with van der Waals surface area (Å²) in [7, 11) is 0. The van der Waals surface area contributed by atoms with Gasteiger partial charge in [0.15, 0.2) is 0 Å². The number of aryl methyl sites for hydroxylation is 1. The zero-order valence-corrected chi connectivity index (χ0v) is 11.9. The van der Waals surface area contributed by atoms with Crippen LogP contribution in [0.25, 0.3) is 0 Å². The Morgan fingerprint density at radius 1 is 1.17 bits per heavy atom. The Kier molecular flexibility index (Phi) is 4.05. The third kappa shape index (κ3) is 2.91. The highest BCUT2D eigenvalue weighted by Crippen LogP contribution is 2.29. The standard InChI is InChI=1S/C14H26N4/c1-14(2,3)18-12(16-17-13(18)10-15)9-8-11-6-4-5-7-11/h11H,4-10,15H2,1-3H3. The molecule has 0 atom stereocenters. The van der Waals surface area contributed by atoms with Gasteiger partial charge in [-0.2, -0.15) is 0 Å². The van der Waals surface area contributed by atoms with Crippen molar-refractivity contribution in [2.24, 2.45) is 11.7 Å². The Labute approximate surface area is 110 Å². The van der Waals surface area contributed by atoms with Crippen LogP contribution < -0.4 is 5.73 Å². The van der Waals surface area contributed by atoms with Crippen LogP contribution in [0.2, 0.25) is 0 Å². The van der Waals surface area contributed by atoms with E-state index in [1.807, 2.05) is 0 Å². The summed E-state index contributed by atoms with van der Waals surface area (Å²) < 4.78 is 2.22. The van der Waals surface area contributed by atoms with Crippen LogP contribution in [0, 0.1) is 5.92 Å². The lowest BCUT2D eigenvalue weighted by atomic mass is 10.0. The first-order chi connectivity index (χ1) is 8.52. The van der Waals surface area contributed by atoms with Gasteiger partial charge in [-0.25, -0.2) is 0 Å². The van der Waals surface area contributed by atoms with Crippen molar-refractivity contribution >= 4 is 0 Å². The average Bonchev–Trinajstić information content (AvgIpc) is 2.94. The fraction of sp³-hybridized carbons (Fsp3) is 0.857. The number of nitrogens with zero attached hydrogens (tertiary/aromatic N) is 3. The van der Waals surface area contributed by atoms with E-state index in [-0.39, 0.29) is 5.54 Å². The predicted molar refractivity (Wildman–Crippen MR) is 73.2 cm³/mol. The first-order valence-corrected chi connectivity index (χ1v) is 7.16. The van der Waals surface area contributed by atoms with Gasteiger partial charge in [-0.05, 0) is 33.1 Å². The summed E-state index contributed by atoms with van der Waals surface area (Å²) in [5.74, 6) is 2.91. The topological polar surface area (TPSA) is 56.7 Å². The van der Waals surface area contributed by atoms with Crippen LogP contribution >= 0.6 is 0 Å². The zero-order valence-electron chi connectivity index (χ0n) is 11.9. The van der Waals surface area contributed by atoms with Crippen molar-refractivity contribution in [1.29, 1.82) is 0 Å². The van der Waals surface area contributed by atoms with Crippen molar-refractivity contribution in [3.63, 3.8) is 0 Å². The molecule has 0 bridgehead atoms. The van der Waals surface area contributed by atoms with E-state index in [1.165, 1.54) is 32.1 Å². The molecule has 102 valence electrons. The summed E-state index contributed by atoms with van der Waals surface area (Å²) in [5, 5.41) is 8.58. The Balaban J connectivity index is 2.09. The smallest absolute Gasteiger partial charge is 0.147 e.